The van der Waals surface area contributed by atoms with Crippen molar-refractivity contribution in [2.75, 3.05) is 33.2 Å². The third kappa shape index (κ3) is 2.35. The van der Waals surface area contributed by atoms with Crippen LogP contribution >= 0.6 is 0 Å². The molecule has 0 radical (unpaired) electrons. The Labute approximate surface area is 120 Å². The second kappa shape index (κ2) is 5.56. The van der Waals surface area contributed by atoms with Crippen molar-refractivity contribution in [1.29, 1.82) is 0 Å². The summed E-state index contributed by atoms with van der Waals surface area (Å²) in [5, 5.41) is 1.19. The third-order valence-corrected chi connectivity index (χ3v) is 4.38. The summed E-state index contributed by atoms with van der Waals surface area (Å²) in [6, 6.07) is 8.95. The number of benzene rings is 1. The van der Waals surface area contributed by atoms with Gasteiger partial charge in [0.25, 0.3) is 0 Å². The van der Waals surface area contributed by atoms with Crippen LogP contribution in [0.2, 0.25) is 0 Å². The first-order valence-electron chi connectivity index (χ1n) is 7.31. The van der Waals surface area contributed by atoms with Crippen LogP contribution < -0.4 is 5.73 Å². The average Bonchev–Trinajstić information content (AvgIpc) is 2.86. The smallest absolute Gasteiger partial charge is 0.134 e. The highest BCUT2D eigenvalue weighted by molar-refractivity contribution is 5.81. The fourth-order valence-corrected chi connectivity index (χ4v) is 3.31. The Hall–Kier alpha value is -1.36. The van der Waals surface area contributed by atoms with Crippen molar-refractivity contribution < 1.29 is 4.42 Å². The molecule has 2 unspecified atom stereocenters. The van der Waals surface area contributed by atoms with Gasteiger partial charge >= 0.3 is 0 Å². The molecule has 4 heteroatoms. The molecule has 1 fully saturated rings. The number of nitrogens with two attached hydrogens (primary N) is 1. The molecule has 108 valence electrons. The topological polar surface area (TPSA) is 45.6 Å². The Morgan fingerprint density at radius 3 is 2.90 bits per heavy atom. The van der Waals surface area contributed by atoms with Gasteiger partial charge in [-0.3, -0.25) is 4.90 Å². The quantitative estimate of drug-likeness (QED) is 0.930. The molecule has 1 saturated heterocycles. The first kappa shape index (κ1) is 13.6. The van der Waals surface area contributed by atoms with Gasteiger partial charge in [0, 0.05) is 43.2 Å². The molecule has 3 rings (SSSR count). The monoisotopic (exact) mass is 273 g/mol. The van der Waals surface area contributed by atoms with Crippen LogP contribution in [0.3, 0.4) is 0 Å². The zero-order valence-corrected chi connectivity index (χ0v) is 12.2. The number of nitrogens with zero attached hydrogens (tertiary/aromatic N) is 2. The van der Waals surface area contributed by atoms with Crippen molar-refractivity contribution in [3.63, 3.8) is 0 Å². The van der Waals surface area contributed by atoms with Crippen molar-refractivity contribution in [2.24, 2.45) is 5.73 Å². The van der Waals surface area contributed by atoms with Gasteiger partial charge in [0.05, 0.1) is 12.3 Å². The van der Waals surface area contributed by atoms with E-state index in [4.69, 9.17) is 10.2 Å². The van der Waals surface area contributed by atoms with Crippen LogP contribution in [0.5, 0.6) is 0 Å². The minimum absolute atomic E-state index is 0.238. The molecule has 2 N–H and O–H groups in total. The third-order valence-electron chi connectivity index (χ3n) is 4.38. The molecule has 1 aromatic heterocycles. The maximum Gasteiger partial charge on any atom is 0.134 e. The minimum Gasteiger partial charge on any atom is -0.464 e. The van der Waals surface area contributed by atoms with Gasteiger partial charge in [-0.2, -0.15) is 0 Å². The number of furan rings is 1. The number of hydrogen-bond donors (Lipinski definition) is 1. The fourth-order valence-electron chi connectivity index (χ4n) is 3.31. The van der Waals surface area contributed by atoms with Gasteiger partial charge in [-0.15, -0.1) is 0 Å². The largest absolute Gasteiger partial charge is 0.464 e. The van der Waals surface area contributed by atoms with E-state index in [-0.39, 0.29) is 6.04 Å². The summed E-state index contributed by atoms with van der Waals surface area (Å²) < 4.78 is 5.69. The highest BCUT2D eigenvalue weighted by Gasteiger charge is 2.29. The Morgan fingerprint density at radius 1 is 1.35 bits per heavy atom. The Kier molecular flexibility index (Phi) is 3.78. The van der Waals surface area contributed by atoms with Gasteiger partial charge in [0.1, 0.15) is 5.58 Å². The molecule has 2 atom stereocenters. The second-order valence-electron chi connectivity index (χ2n) is 5.79. The molecule has 20 heavy (non-hydrogen) atoms. The van der Waals surface area contributed by atoms with Gasteiger partial charge in [0.2, 0.25) is 0 Å². The molecular weight excluding hydrogens is 250 g/mol. The number of likely N-dealkylation sites (N-methyl/N-ethyl adjacent to an activating group) is 1. The molecule has 1 aliphatic rings. The molecule has 1 aliphatic heterocycles. The van der Waals surface area contributed by atoms with Crippen LogP contribution in [-0.2, 0) is 0 Å². The summed E-state index contributed by atoms with van der Waals surface area (Å²) >= 11 is 0. The zero-order chi connectivity index (χ0) is 14.1. The van der Waals surface area contributed by atoms with E-state index >= 15 is 0 Å². The van der Waals surface area contributed by atoms with Gasteiger partial charge in [-0.05, 0) is 20.0 Å². The molecule has 0 saturated carbocycles. The first-order valence-corrected chi connectivity index (χ1v) is 7.31. The molecule has 0 spiro atoms. The standard InChI is InChI=1S/C16H23N3O/c1-12-10-18(2)7-8-19(12)15(9-17)14-11-20-16-6-4-3-5-13(14)16/h3-6,11-12,15H,7-10,17H2,1-2H3. The molecule has 0 bridgehead atoms. The summed E-state index contributed by atoms with van der Waals surface area (Å²) in [6.45, 7) is 6.14. The lowest BCUT2D eigenvalue weighted by Gasteiger charge is -2.42. The molecular formula is C16H23N3O. The van der Waals surface area contributed by atoms with Crippen LogP contribution in [-0.4, -0.2) is 49.1 Å². The summed E-state index contributed by atoms with van der Waals surface area (Å²) in [4.78, 5) is 4.89. The van der Waals surface area contributed by atoms with Crippen LogP contribution in [0.15, 0.2) is 34.9 Å². The van der Waals surface area contributed by atoms with Crippen LogP contribution in [0, 0.1) is 0 Å². The van der Waals surface area contributed by atoms with Gasteiger partial charge in [-0.1, -0.05) is 18.2 Å². The SMILES string of the molecule is CC1CN(C)CCN1C(CN)c1coc2ccccc12. The Balaban J connectivity index is 1.93. The van der Waals surface area contributed by atoms with E-state index in [0.29, 0.717) is 12.6 Å². The van der Waals surface area contributed by atoms with Crippen molar-refractivity contribution in [1.82, 2.24) is 9.80 Å². The molecule has 2 heterocycles. The second-order valence-corrected chi connectivity index (χ2v) is 5.79. The lowest BCUT2D eigenvalue weighted by Crippen LogP contribution is -2.52. The first-order chi connectivity index (χ1) is 9.70. The highest BCUT2D eigenvalue weighted by Crippen LogP contribution is 2.31. The summed E-state index contributed by atoms with van der Waals surface area (Å²) in [5.74, 6) is 0. The van der Waals surface area contributed by atoms with E-state index in [1.165, 1.54) is 10.9 Å². The van der Waals surface area contributed by atoms with E-state index in [1.807, 2.05) is 18.4 Å². The lowest BCUT2D eigenvalue weighted by atomic mass is 10.0. The fraction of sp³-hybridized carbons (Fsp3) is 0.500. The number of para-hydroxylation sites is 1. The maximum absolute atomic E-state index is 6.09. The van der Waals surface area contributed by atoms with Gasteiger partial charge < -0.3 is 15.1 Å². The number of rotatable bonds is 3. The average molecular weight is 273 g/mol. The lowest BCUT2D eigenvalue weighted by molar-refractivity contribution is 0.0638. The predicted molar refractivity (Wildman–Crippen MR) is 81.7 cm³/mol. The Bertz CT molecular complexity index is 580. The molecule has 0 aliphatic carbocycles. The normalized spacial score (nSPS) is 23.2. The maximum atomic E-state index is 6.09. The van der Waals surface area contributed by atoms with E-state index in [1.54, 1.807) is 0 Å². The number of hydrogen-bond acceptors (Lipinski definition) is 4. The molecule has 0 amide bonds. The van der Waals surface area contributed by atoms with Crippen molar-refractivity contribution in [2.45, 2.75) is 19.0 Å². The summed E-state index contributed by atoms with van der Waals surface area (Å²) in [7, 11) is 2.18. The molecule has 1 aromatic carbocycles. The molecule has 2 aromatic rings. The van der Waals surface area contributed by atoms with Gasteiger partial charge in [0.15, 0.2) is 0 Å². The van der Waals surface area contributed by atoms with Crippen LogP contribution in [0.25, 0.3) is 11.0 Å². The van der Waals surface area contributed by atoms with Crippen LogP contribution in [0.4, 0.5) is 0 Å². The minimum atomic E-state index is 0.238. The van der Waals surface area contributed by atoms with E-state index in [2.05, 4.69) is 35.9 Å². The summed E-state index contributed by atoms with van der Waals surface area (Å²) in [6.07, 6.45) is 1.88. The van der Waals surface area contributed by atoms with E-state index in [9.17, 15) is 0 Å². The van der Waals surface area contributed by atoms with Crippen LogP contribution in [0.1, 0.15) is 18.5 Å². The van der Waals surface area contributed by atoms with Crippen molar-refractivity contribution >= 4 is 11.0 Å². The zero-order valence-electron chi connectivity index (χ0n) is 12.2. The van der Waals surface area contributed by atoms with E-state index in [0.717, 1.165) is 25.2 Å². The predicted octanol–water partition coefficient (Wildman–Crippen LogP) is 2.07. The van der Waals surface area contributed by atoms with E-state index < -0.39 is 0 Å². The van der Waals surface area contributed by atoms with Gasteiger partial charge in [-0.25, -0.2) is 0 Å². The van der Waals surface area contributed by atoms with Crippen molar-refractivity contribution in [3.05, 3.63) is 36.1 Å². The Morgan fingerprint density at radius 2 is 2.15 bits per heavy atom. The van der Waals surface area contributed by atoms with Crippen molar-refractivity contribution in [3.8, 4) is 0 Å². The summed E-state index contributed by atoms with van der Waals surface area (Å²) in [5.41, 5.74) is 8.25. The number of fused-ring (bicyclic) bond motifs is 1. The molecule has 4 nitrogen and oxygen atoms in total. The highest BCUT2D eigenvalue weighted by atomic mass is 16.3. The number of piperazine rings is 1.